The van der Waals surface area contributed by atoms with Crippen molar-refractivity contribution in [1.29, 1.82) is 0 Å². The van der Waals surface area contributed by atoms with Crippen LogP contribution >= 0.6 is 0 Å². The fraction of sp³-hybridized carbons (Fsp3) is 0.579. The Morgan fingerprint density at radius 1 is 1.23 bits per heavy atom. The van der Waals surface area contributed by atoms with Crippen molar-refractivity contribution in [2.75, 3.05) is 18.0 Å². The summed E-state index contributed by atoms with van der Waals surface area (Å²) in [5.74, 6) is 2.48. The highest BCUT2D eigenvalue weighted by Gasteiger charge is 2.14. The largest absolute Gasteiger partial charge is 0.356 e. The van der Waals surface area contributed by atoms with Gasteiger partial charge in [0.15, 0.2) is 5.82 Å². The standard InChI is InChI=1S/C19H28N6O/c1-15-22-17(24-23-15)9-10-18(26)21-14-16-8-7-11-20-19(16)25-12-5-3-2-4-6-13-25/h7-8,11H,2-6,9-10,12-14H2,1H3,(H,21,26)(H,22,23,24). The Bertz CT molecular complexity index is 706. The summed E-state index contributed by atoms with van der Waals surface area (Å²) in [4.78, 5) is 23.4. The molecule has 0 aromatic carbocycles. The Labute approximate surface area is 154 Å². The van der Waals surface area contributed by atoms with Gasteiger partial charge in [-0.15, -0.1) is 0 Å². The second kappa shape index (κ2) is 9.31. The lowest BCUT2D eigenvalue weighted by molar-refractivity contribution is -0.121. The molecule has 0 saturated carbocycles. The molecule has 1 saturated heterocycles. The predicted octanol–water partition coefficient (Wildman–Crippen LogP) is 2.53. The number of nitrogens with zero attached hydrogens (tertiary/aromatic N) is 4. The average molecular weight is 356 g/mol. The van der Waals surface area contributed by atoms with Gasteiger partial charge >= 0.3 is 0 Å². The molecule has 2 aromatic heterocycles. The van der Waals surface area contributed by atoms with E-state index in [1.165, 1.54) is 32.1 Å². The molecular formula is C19H28N6O. The molecule has 0 unspecified atom stereocenters. The summed E-state index contributed by atoms with van der Waals surface area (Å²) in [7, 11) is 0. The summed E-state index contributed by atoms with van der Waals surface area (Å²) in [6, 6.07) is 3.99. The maximum Gasteiger partial charge on any atom is 0.220 e. The molecule has 3 rings (SSSR count). The van der Waals surface area contributed by atoms with Gasteiger partial charge in [-0.1, -0.05) is 25.3 Å². The first-order valence-corrected chi connectivity index (χ1v) is 9.56. The number of amides is 1. The van der Waals surface area contributed by atoms with E-state index >= 15 is 0 Å². The van der Waals surface area contributed by atoms with Gasteiger partial charge in [-0.25, -0.2) is 9.97 Å². The van der Waals surface area contributed by atoms with E-state index in [9.17, 15) is 4.79 Å². The molecule has 7 heteroatoms. The van der Waals surface area contributed by atoms with Crippen LogP contribution in [-0.2, 0) is 17.8 Å². The van der Waals surface area contributed by atoms with E-state index in [0.29, 0.717) is 25.2 Å². The van der Waals surface area contributed by atoms with E-state index in [2.05, 4.69) is 36.4 Å². The molecule has 1 fully saturated rings. The van der Waals surface area contributed by atoms with Crippen LogP contribution in [0.2, 0.25) is 0 Å². The van der Waals surface area contributed by atoms with Crippen LogP contribution in [0.4, 0.5) is 5.82 Å². The molecule has 26 heavy (non-hydrogen) atoms. The fourth-order valence-electron chi connectivity index (χ4n) is 3.32. The number of carbonyl (C=O) groups is 1. The van der Waals surface area contributed by atoms with Crippen LogP contribution in [0.5, 0.6) is 0 Å². The van der Waals surface area contributed by atoms with E-state index in [1.54, 1.807) is 0 Å². The third kappa shape index (κ3) is 5.28. The summed E-state index contributed by atoms with van der Waals surface area (Å²) < 4.78 is 0. The minimum atomic E-state index is 0.00919. The van der Waals surface area contributed by atoms with Gasteiger partial charge in [0.25, 0.3) is 0 Å². The van der Waals surface area contributed by atoms with Crippen molar-refractivity contribution in [3.8, 4) is 0 Å². The molecule has 3 heterocycles. The monoisotopic (exact) mass is 356 g/mol. The van der Waals surface area contributed by atoms with E-state index in [4.69, 9.17) is 0 Å². The van der Waals surface area contributed by atoms with Gasteiger partial charge in [-0.2, -0.15) is 5.10 Å². The highest BCUT2D eigenvalue weighted by Crippen LogP contribution is 2.21. The van der Waals surface area contributed by atoms with Crippen LogP contribution in [0, 0.1) is 6.92 Å². The van der Waals surface area contributed by atoms with Crippen LogP contribution in [0.25, 0.3) is 0 Å². The number of pyridine rings is 1. The number of aromatic nitrogens is 4. The average Bonchev–Trinajstić information content (AvgIpc) is 3.04. The molecule has 2 aromatic rings. The topological polar surface area (TPSA) is 86.8 Å². The molecule has 1 amide bonds. The summed E-state index contributed by atoms with van der Waals surface area (Å²) in [5.41, 5.74) is 1.08. The number of H-pyrrole nitrogens is 1. The van der Waals surface area contributed by atoms with Gasteiger partial charge in [0, 0.05) is 44.2 Å². The van der Waals surface area contributed by atoms with E-state index in [-0.39, 0.29) is 5.91 Å². The van der Waals surface area contributed by atoms with Gasteiger partial charge in [0.1, 0.15) is 11.6 Å². The molecule has 0 bridgehead atoms. The van der Waals surface area contributed by atoms with Crippen LogP contribution in [0.15, 0.2) is 18.3 Å². The Morgan fingerprint density at radius 2 is 2.00 bits per heavy atom. The molecular weight excluding hydrogens is 328 g/mol. The number of carbonyl (C=O) groups excluding carboxylic acids is 1. The zero-order valence-electron chi connectivity index (χ0n) is 15.5. The van der Waals surface area contributed by atoms with E-state index in [1.807, 2.05) is 19.2 Å². The van der Waals surface area contributed by atoms with Crippen molar-refractivity contribution in [3.63, 3.8) is 0 Å². The highest BCUT2D eigenvalue weighted by molar-refractivity contribution is 5.76. The SMILES string of the molecule is Cc1nc(CCC(=O)NCc2cccnc2N2CCCCCCC2)n[nH]1. The number of hydrogen-bond donors (Lipinski definition) is 2. The van der Waals surface area contributed by atoms with Crippen LogP contribution in [0.1, 0.15) is 55.7 Å². The number of anilines is 1. The highest BCUT2D eigenvalue weighted by atomic mass is 16.1. The Morgan fingerprint density at radius 3 is 2.73 bits per heavy atom. The van der Waals surface area contributed by atoms with E-state index in [0.717, 1.165) is 30.3 Å². The molecule has 140 valence electrons. The predicted molar refractivity (Wildman–Crippen MR) is 101 cm³/mol. The number of nitrogens with one attached hydrogen (secondary N) is 2. The van der Waals surface area contributed by atoms with Gasteiger partial charge in [-0.3, -0.25) is 9.89 Å². The first kappa shape index (κ1) is 18.4. The molecule has 0 aliphatic carbocycles. The van der Waals surface area contributed by atoms with Crippen molar-refractivity contribution < 1.29 is 4.79 Å². The quantitative estimate of drug-likeness (QED) is 0.830. The lowest BCUT2D eigenvalue weighted by atomic mass is 10.1. The Hall–Kier alpha value is -2.44. The fourth-order valence-corrected chi connectivity index (χ4v) is 3.32. The minimum Gasteiger partial charge on any atom is -0.356 e. The normalized spacial score (nSPS) is 15.3. The summed E-state index contributed by atoms with van der Waals surface area (Å²) >= 11 is 0. The summed E-state index contributed by atoms with van der Waals surface area (Å²) in [5, 5.41) is 9.87. The van der Waals surface area contributed by atoms with Gasteiger partial charge in [-0.05, 0) is 25.8 Å². The first-order valence-electron chi connectivity index (χ1n) is 9.56. The zero-order chi connectivity index (χ0) is 18.2. The number of aromatic amines is 1. The minimum absolute atomic E-state index is 0.00919. The van der Waals surface area contributed by atoms with Crippen LogP contribution in [-0.4, -0.2) is 39.2 Å². The maximum atomic E-state index is 12.2. The van der Waals surface area contributed by atoms with Crippen molar-refractivity contribution >= 4 is 11.7 Å². The molecule has 1 aliphatic rings. The summed E-state index contributed by atoms with van der Waals surface area (Å²) in [6.07, 6.45) is 9.09. The van der Waals surface area contributed by atoms with Crippen molar-refractivity contribution in [2.45, 2.75) is 58.4 Å². The maximum absolute atomic E-state index is 12.2. The first-order chi connectivity index (χ1) is 12.7. The van der Waals surface area contributed by atoms with Crippen LogP contribution < -0.4 is 10.2 Å². The smallest absolute Gasteiger partial charge is 0.220 e. The molecule has 2 N–H and O–H groups in total. The van der Waals surface area contributed by atoms with Gasteiger partial charge in [0.05, 0.1) is 0 Å². The van der Waals surface area contributed by atoms with Crippen molar-refractivity contribution in [2.24, 2.45) is 0 Å². The Balaban J connectivity index is 1.54. The second-order valence-electron chi connectivity index (χ2n) is 6.85. The zero-order valence-corrected chi connectivity index (χ0v) is 15.5. The van der Waals surface area contributed by atoms with Crippen LogP contribution in [0.3, 0.4) is 0 Å². The number of hydrogen-bond acceptors (Lipinski definition) is 5. The van der Waals surface area contributed by atoms with Gasteiger partial charge < -0.3 is 10.2 Å². The lowest BCUT2D eigenvalue weighted by Gasteiger charge is -2.27. The second-order valence-corrected chi connectivity index (χ2v) is 6.85. The summed E-state index contributed by atoms with van der Waals surface area (Å²) in [6.45, 7) is 4.45. The lowest BCUT2D eigenvalue weighted by Crippen LogP contribution is -2.30. The molecule has 0 spiro atoms. The van der Waals surface area contributed by atoms with Crippen molar-refractivity contribution in [3.05, 3.63) is 35.5 Å². The third-order valence-electron chi connectivity index (χ3n) is 4.72. The molecule has 1 aliphatic heterocycles. The number of aryl methyl sites for hydroxylation is 2. The molecule has 0 radical (unpaired) electrons. The Kier molecular flexibility index (Phi) is 6.57. The van der Waals surface area contributed by atoms with Crippen molar-refractivity contribution in [1.82, 2.24) is 25.5 Å². The molecule has 0 atom stereocenters. The molecule has 7 nitrogen and oxygen atoms in total. The van der Waals surface area contributed by atoms with E-state index < -0.39 is 0 Å². The number of rotatable bonds is 6. The van der Waals surface area contributed by atoms with Gasteiger partial charge in [0.2, 0.25) is 5.91 Å². The third-order valence-corrected chi connectivity index (χ3v) is 4.72.